The summed E-state index contributed by atoms with van der Waals surface area (Å²) in [6.07, 6.45) is 0. The third-order valence-corrected chi connectivity index (χ3v) is 4.19. The largest absolute Gasteiger partial charge is 0.378 e. The van der Waals surface area contributed by atoms with Crippen molar-refractivity contribution in [2.24, 2.45) is 0 Å². The van der Waals surface area contributed by atoms with Crippen LogP contribution >= 0.6 is 27.5 Å². The average molecular weight is 343 g/mol. The van der Waals surface area contributed by atoms with Crippen LogP contribution in [0.3, 0.4) is 0 Å². The number of hydrogen-bond donors (Lipinski definition) is 1. The van der Waals surface area contributed by atoms with Crippen LogP contribution in [-0.4, -0.2) is 0 Å². The molecule has 0 amide bonds. The maximum Gasteiger partial charge on any atom is 0.124 e. The van der Waals surface area contributed by atoms with Gasteiger partial charge in [-0.05, 0) is 55.3 Å². The molecule has 19 heavy (non-hydrogen) atoms. The van der Waals surface area contributed by atoms with Crippen LogP contribution in [-0.2, 0) is 0 Å². The average Bonchev–Trinajstić information content (AvgIpc) is 2.33. The number of halogens is 3. The molecule has 0 heterocycles. The Morgan fingerprint density at radius 1 is 1.21 bits per heavy atom. The number of aryl methyl sites for hydroxylation is 1. The minimum Gasteiger partial charge on any atom is -0.378 e. The summed E-state index contributed by atoms with van der Waals surface area (Å²) in [5.74, 6) is -0.319. The molecule has 0 radical (unpaired) electrons. The Morgan fingerprint density at radius 3 is 2.58 bits per heavy atom. The van der Waals surface area contributed by atoms with Gasteiger partial charge in [-0.2, -0.15) is 0 Å². The first kappa shape index (κ1) is 14.4. The van der Waals surface area contributed by atoms with Crippen molar-refractivity contribution >= 4 is 33.2 Å². The highest BCUT2D eigenvalue weighted by atomic mass is 79.9. The minimum atomic E-state index is -0.319. The van der Waals surface area contributed by atoms with Gasteiger partial charge in [-0.1, -0.05) is 33.6 Å². The maximum absolute atomic E-state index is 13.0. The highest BCUT2D eigenvalue weighted by Gasteiger charge is 2.10. The van der Waals surface area contributed by atoms with Gasteiger partial charge in [0.05, 0.1) is 0 Å². The molecule has 0 bridgehead atoms. The first-order valence-corrected chi connectivity index (χ1v) is 7.12. The molecule has 2 rings (SSSR count). The first-order chi connectivity index (χ1) is 8.97. The Hall–Kier alpha value is -1.06. The van der Waals surface area contributed by atoms with Crippen LogP contribution in [0.1, 0.15) is 24.1 Å². The molecule has 0 aromatic heterocycles. The predicted octanol–water partition coefficient (Wildman–Crippen LogP) is 5.72. The zero-order valence-corrected chi connectivity index (χ0v) is 13.0. The fourth-order valence-corrected chi connectivity index (χ4v) is 2.49. The summed E-state index contributed by atoms with van der Waals surface area (Å²) < 4.78 is 14.1. The van der Waals surface area contributed by atoms with Crippen LogP contribution in [0, 0.1) is 12.7 Å². The van der Waals surface area contributed by atoms with E-state index in [2.05, 4.69) is 27.3 Å². The topological polar surface area (TPSA) is 12.0 Å². The van der Waals surface area contributed by atoms with E-state index in [1.54, 1.807) is 6.07 Å². The lowest BCUT2D eigenvalue weighted by Gasteiger charge is -2.17. The van der Waals surface area contributed by atoms with E-state index in [-0.39, 0.29) is 11.9 Å². The Kier molecular flexibility index (Phi) is 4.48. The highest BCUT2D eigenvalue weighted by Crippen LogP contribution is 2.28. The fourth-order valence-electron chi connectivity index (χ4n) is 1.91. The fraction of sp³-hybridized carbons (Fsp3) is 0.200. The molecule has 1 nitrogen and oxygen atoms in total. The van der Waals surface area contributed by atoms with E-state index in [0.717, 1.165) is 21.3 Å². The van der Waals surface area contributed by atoms with E-state index < -0.39 is 0 Å². The van der Waals surface area contributed by atoms with Gasteiger partial charge >= 0.3 is 0 Å². The molecule has 1 N–H and O–H groups in total. The van der Waals surface area contributed by atoms with Crippen LogP contribution < -0.4 is 5.32 Å². The SMILES string of the molecule is Cc1cc(NC(C)c2ccc(F)cc2Cl)ccc1Br. The quantitative estimate of drug-likeness (QED) is 0.752. The standard InChI is InChI=1S/C15H14BrClFN/c1-9-7-12(4-6-14(9)16)19-10(2)13-5-3-11(18)8-15(13)17/h3-8,10,19H,1-2H3. The Morgan fingerprint density at radius 2 is 1.95 bits per heavy atom. The lowest BCUT2D eigenvalue weighted by molar-refractivity contribution is 0.626. The molecule has 0 aliphatic rings. The van der Waals surface area contributed by atoms with Crippen LogP contribution in [0.2, 0.25) is 5.02 Å². The van der Waals surface area contributed by atoms with Crippen LogP contribution in [0.25, 0.3) is 0 Å². The van der Waals surface area contributed by atoms with Gasteiger partial charge < -0.3 is 5.32 Å². The maximum atomic E-state index is 13.0. The summed E-state index contributed by atoms with van der Waals surface area (Å²) in [5.41, 5.74) is 3.04. The van der Waals surface area contributed by atoms with Gasteiger partial charge in [0.1, 0.15) is 5.82 Å². The van der Waals surface area contributed by atoms with Gasteiger partial charge in [-0.3, -0.25) is 0 Å². The van der Waals surface area contributed by atoms with Gasteiger partial charge in [0, 0.05) is 21.2 Å². The Balaban J connectivity index is 2.20. The number of nitrogens with one attached hydrogen (secondary N) is 1. The monoisotopic (exact) mass is 341 g/mol. The molecule has 4 heteroatoms. The van der Waals surface area contributed by atoms with Gasteiger partial charge in [-0.15, -0.1) is 0 Å². The van der Waals surface area contributed by atoms with E-state index in [9.17, 15) is 4.39 Å². The van der Waals surface area contributed by atoms with E-state index in [1.807, 2.05) is 26.0 Å². The van der Waals surface area contributed by atoms with Crippen molar-refractivity contribution in [3.8, 4) is 0 Å². The molecule has 0 aliphatic heterocycles. The number of hydrogen-bond acceptors (Lipinski definition) is 1. The van der Waals surface area contributed by atoms with Crippen molar-refractivity contribution in [1.29, 1.82) is 0 Å². The second kappa shape index (κ2) is 5.93. The van der Waals surface area contributed by atoms with Crippen molar-refractivity contribution in [3.63, 3.8) is 0 Å². The first-order valence-electron chi connectivity index (χ1n) is 5.95. The summed E-state index contributed by atoms with van der Waals surface area (Å²) in [6, 6.07) is 10.5. The van der Waals surface area contributed by atoms with Crippen LogP contribution in [0.5, 0.6) is 0 Å². The van der Waals surface area contributed by atoms with Gasteiger partial charge in [-0.25, -0.2) is 4.39 Å². The lowest BCUT2D eigenvalue weighted by atomic mass is 10.1. The molecule has 100 valence electrons. The second-order valence-corrected chi connectivity index (χ2v) is 5.76. The van der Waals surface area contributed by atoms with Gasteiger partial charge in [0.15, 0.2) is 0 Å². The normalized spacial score (nSPS) is 12.3. The molecule has 0 fully saturated rings. The number of rotatable bonds is 3. The van der Waals surface area contributed by atoms with Crippen molar-refractivity contribution in [1.82, 2.24) is 0 Å². The number of anilines is 1. The third-order valence-electron chi connectivity index (χ3n) is 2.97. The summed E-state index contributed by atoms with van der Waals surface area (Å²) in [7, 11) is 0. The molecule has 0 saturated heterocycles. The summed E-state index contributed by atoms with van der Waals surface area (Å²) in [4.78, 5) is 0. The molecular weight excluding hydrogens is 329 g/mol. The zero-order valence-electron chi connectivity index (χ0n) is 10.7. The second-order valence-electron chi connectivity index (χ2n) is 4.50. The molecule has 0 saturated carbocycles. The Bertz CT molecular complexity index is 601. The predicted molar refractivity (Wildman–Crippen MR) is 82.3 cm³/mol. The van der Waals surface area contributed by atoms with Crippen molar-refractivity contribution in [3.05, 3.63) is 62.8 Å². The van der Waals surface area contributed by atoms with Crippen molar-refractivity contribution < 1.29 is 4.39 Å². The number of benzene rings is 2. The molecular formula is C15H14BrClFN. The van der Waals surface area contributed by atoms with E-state index in [1.165, 1.54) is 12.1 Å². The van der Waals surface area contributed by atoms with Gasteiger partial charge in [0.25, 0.3) is 0 Å². The third kappa shape index (κ3) is 3.48. The smallest absolute Gasteiger partial charge is 0.124 e. The highest BCUT2D eigenvalue weighted by molar-refractivity contribution is 9.10. The molecule has 1 unspecified atom stereocenters. The minimum absolute atomic E-state index is 0.00803. The zero-order chi connectivity index (χ0) is 14.0. The summed E-state index contributed by atoms with van der Waals surface area (Å²) >= 11 is 9.53. The van der Waals surface area contributed by atoms with E-state index >= 15 is 0 Å². The van der Waals surface area contributed by atoms with Crippen molar-refractivity contribution in [2.45, 2.75) is 19.9 Å². The van der Waals surface area contributed by atoms with E-state index in [4.69, 9.17) is 11.6 Å². The summed E-state index contributed by atoms with van der Waals surface area (Å²) in [5, 5.41) is 3.80. The van der Waals surface area contributed by atoms with Crippen LogP contribution in [0.15, 0.2) is 40.9 Å². The molecule has 2 aromatic carbocycles. The molecule has 0 aliphatic carbocycles. The Labute approximate surface area is 125 Å². The molecule has 2 aromatic rings. The van der Waals surface area contributed by atoms with Crippen molar-refractivity contribution in [2.75, 3.05) is 5.32 Å². The van der Waals surface area contributed by atoms with E-state index in [0.29, 0.717) is 5.02 Å². The van der Waals surface area contributed by atoms with Crippen LogP contribution in [0.4, 0.5) is 10.1 Å². The van der Waals surface area contributed by atoms with Gasteiger partial charge in [0.2, 0.25) is 0 Å². The molecule has 0 spiro atoms. The lowest BCUT2D eigenvalue weighted by Crippen LogP contribution is -2.07. The molecule has 1 atom stereocenters. The summed E-state index contributed by atoms with van der Waals surface area (Å²) in [6.45, 7) is 4.03.